The zero-order chi connectivity index (χ0) is 21.3. The number of amides is 1. The third-order valence-electron chi connectivity index (χ3n) is 4.53. The largest absolute Gasteiger partial charge is 0.346 e. The first-order valence-corrected chi connectivity index (χ1v) is 8.94. The van der Waals surface area contributed by atoms with Gasteiger partial charge < -0.3 is 5.32 Å². The Bertz CT molecular complexity index is 1320. The molecule has 3 aromatic carbocycles. The van der Waals surface area contributed by atoms with Gasteiger partial charge in [0.15, 0.2) is 5.69 Å². The molecule has 30 heavy (non-hydrogen) atoms. The molecule has 0 unspecified atom stereocenters. The molecule has 0 spiro atoms. The predicted molar refractivity (Wildman–Crippen MR) is 105 cm³/mol. The second kappa shape index (κ2) is 7.82. The van der Waals surface area contributed by atoms with Gasteiger partial charge in [-0.15, -0.1) is 0 Å². The molecular formula is C22H14F3N3O2. The number of nitrogens with one attached hydrogen (secondary N) is 1. The number of fused-ring (bicyclic) bond motifs is 1. The number of rotatable bonds is 4. The van der Waals surface area contributed by atoms with Crippen LogP contribution in [0.15, 0.2) is 71.5 Å². The monoisotopic (exact) mass is 409 g/mol. The van der Waals surface area contributed by atoms with Crippen LogP contribution >= 0.6 is 0 Å². The summed E-state index contributed by atoms with van der Waals surface area (Å²) in [6.45, 7) is -0.255. The molecule has 1 amide bonds. The van der Waals surface area contributed by atoms with E-state index < -0.39 is 34.5 Å². The van der Waals surface area contributed by atoms with E-state index in [1.54, 1.807) is 24.3 Å². The van der Waals surface area contributed by atoms with Crippen LogP contribution in [0.1, 0.15) is 16.1 Å². The maximum Gasteiger partial charge on any atom is 0.276 e. The minimum Gasteiger partial charge on any atom is -0.346 e. The van der Waals surface area contributed by atoms with Crippen molar-refractivity contribution in [3.8, 4) is 5.69 Å². The van der Waals surface area contributed by atoms with E-state index in [4.69, 9.17) is 0 Å². The molecule has 150 valence electrons. The van der Waals surface area contributed by atoms with Crippen molar-refractivity contribution in [2.24, 2.45) is 0 Å². The number of nitrogens with zero attached hydrogens (tertiary/aromatic N) is 2. The number of benzene rings is 3. The van der Waals surface area contributed by atoms with Crippen molar-refractivity contribution in [1.29, 1.82) is 0 Å². The number of halogens is 3. The number of para-hydroxylation sites is 1. The summed E-state index contributed by atoms with van der Waals surface area (Å²) in [5.41, 5.74) is -0.0487. The van der Waals surface area contributed by atoms with E-state index >= 15 is 0 Å². The van der Waals surface area contributed by atoms with E-state index in [1.807, 2.05) is 0 Å². The lowest BCUT2D eigenvalue weighted by Gasteiger charge is -2.12. The van der Waals surface area contributed by atoms with Crippen LogP contribution in [0.2, 0.25) is 0 Å². The highest BCUT2D eigenvalue weighted by atomic mass is 19.1. The molecule has 0 fully saturated rings. The van der Waals surface area contributed by atoms with Gasteiger partial charge in [-0.2, -0.15) is 5.10 Å². The van der Waals surface area contributed by atoms with E-state index in [1.165, 1.54) is 35.0 Å². The van der Waals surface area contributed by atoms with Crippen molar-refractivity contribution in [1.82, 2.24) is 15.1 Å². The lowest BCUT2D eigenvalue weighted by molar-refractivity contribution is 0.0943. The fourth-order valence-corrected chi connectivity index (χ4v) is 3.03. The first-order chi connectivity index (χ1) is 14.4. The molecule has 0 saturated carbocycles. The first kappa shape index (κ1) is 19.4. The Balaban J connectivity index is 1.75. The van der Waals surface area contributed by atoms with Crippen LogP contribution < -0.4 is 10.7 Å². The number of hydrogen-bond acceptors (Lipinski definition) is 3. The van der Waals surface area contributed by atoms with Crippen molar-refractivity contribution < 1.29 is 18.0 Å². The standard InChI is InChI=1S/C22H14F3N3O2/c23-14-7-9-16(10-8-14)28-19-4-2-1-3-17(19)21(29)20(27-28)22(30)26-12-13-5-6-15(24)11-18(13)25/h1-11H,12H2,(H,26,30). The maximum atomic E-state index is 13.8. The fraction of sp³-hybridized carbons (Fsp3) is 0.0455. The van der Waals surface area contributed by atoms with Gasteiger partial charge in [0.25, 0.3) is 5.91 Å². The molecule has 0 saturated heterocycles. The Kier molecular flexibility index (Phi) is 5.05. The summed E-state index contributed by atoms with van der Waals surface area (Å²) >= 11 is 0. The average molecular weight is 409 g/mol. The van der Waals surface area contributed by atoms with Crippen molar-refractivity contribution >= 4 is 16.8 Å². The Morgan fingerprint density at radius 3 is 2.37 bits per heavy atom. The molecule has 0 aliphatic rings. The van der Waals surface area contributed by atoms with Gasteiger partial charge in [-0.1, -0.05) is 18.2 Å². The van der Waals surface area contributed by atoms with Gasteiger partial charge in [-0.3, -0.25) is 9.59 Å². The zero-order valence-corrected chi connectivity index (χ0v) is 15.4. The van der Waals surface area contributed by atoms with Crippen LogP contribution in [0.25, 0.3) is 16.6 Å². The molecule has 5 nitrogen and oxygen atoms in total. The van der Waals surface area contributed by atoms with Crippen molar-refractivity contribution in [3.63, 3.8) is 0 Å². The average Bonchev–Trinajstić information content (AvgIpc) is 2.74. The van der Waals surface area contributed by atoms with Gasteiger partial charge in [0.05, 0.1) is 16.6 Å². The van der Waals surface area contributed by atoms with Crippen LogP contribution in [-0.2, 0) is 6.54 Å². The highest BCUT2D eigenvalue weighted by molar-refractivity contribution is 5.95. The van der Waals surface area contributed by atoms with E-state index in [-0.39, 0.29) is 17.5 Å². The summed E-state index contributed by atoms with van der Waals surface area (Å²) < 4.78 is 41.5. The summed E-state index contributed by atoms with van der Waals surface area (Å²) in [5, 5.41) is 6.84. The normalized spacial score (nSPS) is 10.9. The molecule has 0 aliphatic carbocycles. The van der Waals surface area contributed by atoms with E-state index in [9.17, 15) is 22.8 Å². The zero-order valence-electron chi connectivity index (χ0n) is 15.4. The van der Waals surface area contributed by atoms with Gasteiger partial charge in [0, 0.05) is 18.2 Å². The third kappa shape index (κ3) is 3.67. The summed E-state index contributed by atoms with van der Waals surface area (Å²) in [6, 6.07) is 15.0. The predicted octanol–water partition coefficient (Wildman–Crippen LogP) is 3.73. The van der Waals surface area contributed by atoms with E-state index in [0.29, 0.717) is 17.3 Å². The molecular weight excluding hydrogens is 395 g/mol. The van der Waals surface area contributed by atoms with Gasteiger partial charge >= 0.3 is 0 Å². The lowest BCUT2D eigenvalue weighted by atomic mass is 10.1. The third-order valence-corrected chi connectivity index (χ3v) is 4.53. The van der Waals surface area contributed by atoms with Crippen LogP contribution in [0.3, 0.4) is 0 Å². The maximum absolute atomic E-state index is 13.8. The van der Waals surface area contributed by atoms with Crippen molar-refractivity contribution in [3.05, 3.63) is 106 Å². The molecule has 1 heterocycles. The molecule has 1 N–H and O–H groups in total. The minimum absolute atomic E-state index is 0.0596. The topological polar surface area (TPSA) is 64.0 Å². The lowest BCUT2D eigenvalue weighted by Crippen LogP contribution is -2.31. The summed E-state index contributed by atoms with van der Waals surface area (Å²) in [4.78, 5) is 25.5. The molecule has 4 aromatic rings. The smallest absolute Gasteiger partial charge is 0.276 e. The van der Waals surface area contributed by atoms with Crippen LogP contribution in [0.4, 0.5) is 13.2 Å². The second-order valence-electron chi connectivity index (χ2n) is 6.50. The van der Waals surface area contributed by atoms with E-state index in [0.717, 1.165) is 6.07 Å². The van der Waals surface area contributed by atoms with Crippen LogP contribution in [0.5, 0.6) is 0 Å². The Morgan fingerprint density at radius 1 is 0.933 bits per heavy atom. The Morgan fingerprint density at radius 2 is 1.63 bits per heavy atom. The number of carbonyl (C=O) groups is 1. The van der Waals surface area contributed by atoms with Crippen molar-refractivity contribution in [2.45, 2.75) is 6.54 Å². The molecule has 4 rings (SSSR count). The minimum atomic E-state index is -0.815. The fourth-order valence-electron chi connectivity index (χ4n) is 3.03. The van der Waals surface area contributed by atoms with E-state index in [2.05, 4.69) is 10.4 Å². The number of hydrogen-bond donors (Lipinski definition) is 1. The van der Waals surface area contributed by atoms with Gasteiger partial charge in [-0.05, 0) is 42.5 Å². The van der Waals surface area contributed by atoms with Gasteiger partial charge in [0.1, 0.15) is 17.5 Å². The summed E-state index contributed by atoms with van der Waals surface area (Å²) in [5.74, 6) is -2.81. The Labute approximate surface area is 168 Å². The molecule has 1 aromatic heterocycles. The highest BCUT2D eigenvalue weighted by Gasteiger charge is 2.18. The Hall–Kier alpha value is -3.94. The van der Waals surface area contributed by atoms with Crippen LogP contribution in [-0.4, -0.2) is 15.7 Å². The van der Waals surface area contributed by atoms with Crippen LogP contribution in [0, 0.1) is 17.5 Å². The SMILES string of the molecule is O=C(NCc1ccc(F)cc1F)c1nn(-c2ccc(F)cc2)c2ccccc2c1=O. The molecule has 0 aliphatic heterocycles. The van der Waals surface area contributed by atoms with Gasteiger partial charge in [0.2, 0.25) is 5.43 Å². The molecule has 0 bridgehead atoms. The molecule has 8 heteroatoms. The number of aromatic nitrogens is 2. The highest BCUT2D eigenvalue weighted by Crippen LogP contribution is 2.16. The van der Waals surface area contributed by atoms with Crippen molar-refractivity contribution in [2.75, 3.05) is 0 Å². The summed E-state index contributed by atoms with van der Waals surface area (Å²) in [7, 11) is 0. The molecule has 0 atom stereocenters. The van der Waals surface area contributed by atoms with Gasteiger partial charge in [-0.25, -0.2) is 17.9 Å². The number of carbonyl (C=O) groups excluding carboxylic acids is 1. The summed E-state index contributed by atoms with van der Waals surface area (Å²) in [6.07, 6.45) is 0. The first-order valence-electron chi connectivity index (χ1n) is 8.94. The quantitative estimate of drug-likeness (QED) is 0.559. The molecule has 0 radical (unpaired) electrons. The second-order valence-corrected chi connectivity index (χ2v) is 6.50.